The number of aromatic hydroxyl groups is 1. The van der Waals surface area contributed by atoms with Crippen molar-refractivity contribution in [1.29, 1.82) is 0 Å². The van der Waals surface area contributed by atoms with E-state index in [1.807, 2.05) is 23.8 Å². The maximum Gasteiger partial charge on any atom is 0.166 e. The van der Waals surface area contributed by atoms with Gasteiger partial charge in [0.05, 0.1) is 12.0 Å². The Morgan fingerprint density at radius 3 is 2.74 bits per heavy atom. The number of phenolic OH excluding ortho intramolecular Hbond substituents is 1. The zero-order valence-electron chi connectivity index (χ0n) is 17.0. The monoisotopic (exact) mass is 420 g/mol. The quantitative estimate of drug-likeness (QED) is 0.393. The average Bonchev–Trinajstić information content (AvgIpc) is 3.28. The predicted octanol–water partition coefficient (Wildman–Crippen LogP) is 5.41. The van der Waals surface area contributed by atoms with Gasteiger partial charge in [-0.15, -0.1) is 0 Å². The van der Waals surface area contributed by atoms with E-state index >= 15 is 0 Å². The Bertz CT molecular complexity index is 1170. The smallest absolute Gasteiger partial charge is 0.166 e. The molecule has 5 nitrogen and oxygen atoms in total. The summed E-state index contributed by atoms with van der Waals surface area (Å²) in [6.07, 6.45) is 6.20. The highest BCUT2D eigenvalue weighted by atomic mass is 19.2. The number of rotatable bonds is 7. The number of pyridine rings is 1. The molecule has 7 heteroatoms. The average molecular weight is 420 g/mol. The van der Waals surface area contributed by atoms with Crippen LogP contribution in [0.2, 0.25) is 0 Å². The van der Waals surface area contributed by atoms with Crippen LogP contribution in [-0.2, 0) is 6.54 Å². The topological polar surface area (TPSA) is 63.0 Å². The number of hydrogen-bond acceptors (Lipinski definition) is 4. The summed E-state index contributed by atoms with van der Waals surface area (Å²) >= 11 is 0. The molecule has 2 N–H and O–H groups in total. The predicted molar refractivity (Wildman–Crippen MR) is 117 cm³/mol. The number of hydrogen-bond donors (Lipinski definition) is 2. The molecule has 0 amide bonds. The largest absolute Gasteiger partial charge is 0.507 e. The minimum Gasteiger partial charge on any atom is -0.507 e. The third kappa shape index (κ3) is 4.71. The van der Waals surface area contributed by atoms with Crippen LogP contribution in [0.1, 0.15) is 12.0 Å². The van der Waals surface area contributed by atoms with Gasteiger partial charge in [0.2, 0.25) is 0 Å². The Morgan fingerprint density at radius 1 is 1.06 bits per heavy atom. The lowest BCUT2D eigenvalue weighted by atomic mass is 10.0. The molecule has 158 valence electrons. The third-order valence-electron chi connectivity index (χ3n) is 4.97. The molecule has 2 heterocycles. The molecule has 0 fully saturated rings. The summed E-state index contributed by atoms with van der Waals surface area (Å²) in [4.78, 5) is 8.63. The van der Waals surface area contributed by atoms with Gasteiger partial charge in [-0.1, -0.05) is 23.8 Å². The van der Waals surface area contributed by atoms with Gasteiger partial charge in [-0.3, -0.25) is 0 Å². The number of nitrogens with one attached hydrogen (secondary N) is 1. The minimum atomic E-state index is -0.917. The number of phenols is 1. The van der Waals surface area contributed by atoms with Gasteiger partial charge in [0.25, 0.3) is 0 Å². The molecule has 0 saturated heterocycles. The van der Waals surface area contributed by atoms with Crippen molar-refractivity contribution in [3.05, 3.63) is 84.4 Å². The van der Waals surface area contributed by atoms with Gasteiger partial charge in [0, 0.05) is 36.6 Å². The van der Waals surface area contributed by atoms with Crippen LogP contribution in [0.3, 0.4) is 0 Å². The Balaban J connectivity index is 1.68. The molecule has 0 spiro atoms. The van der Waals surface area contributed by atoms with Crippen molar-refractivity contribution < 1.29 is 13.9 Å². The highest BCUT2D eigenvalue weighted by Gasteiger charge is 2.15. The van der Waals surface area contributed by atoms with E-state index in [2.05, 4.69) is 15.3 Å². The van der Waals surface area contributed by atoms with E-state index in [1.165, 1.54) is 12.1 Å². The first kappa shape index (κ1) is 20.5. The van der Waals surface area contributed by atoms with Crippen LogP contribution in [0.15, 0.2) is 67.3 Å². The number of aromatic nitrogens is 3. The van der Waals surface area contributed by atoms with Crippen molar-refractivity contribution in [3.63, 3.8) is 0 Å². The minimum absolute atomic E-state index is 0.0704. The van der Waals surface area contributed by atoms with Crippen molar-refractivity contribution in [2.75, 3.05) is 11.9 Å². The van der Waals surface area contributed by atoms with Crippen LogP contribution in [0, 0.1) is 18.6 Å². The normalized spacial score (nSPS) is 10.9. The molecular formula is C24H22F2N4O. The van der Waals surface area contributed by atoms with Gasteiger partial charge in [0.15, 0.2) is 11.6 Å². The van der Waals surface area contributed by atoms with E-state index in [1.54, 1.807) is 36.8 Å². The number of aryl methyl sites for hydroxylation is 2. The number of imidazole rings is 1. The molecule has 0 aliphatic rings. The van der Waals surface area contributed by atoms with Gasteiger partial charge in [-0.2, -0.15) is 0 Å². The molecule has 2 aromatic heterocycles. The van der Waals surface area contributed by atoms with Gasteiger partial charge in [0.1, 0.15) is 11.6 Å². The third-order valence-corrected chi connectivity index (χ3v) is 4.97. The molecule has 31 heavy (non-hydrogen) atoms. The Morgan fingerprint density at radius 2 is 1.94 bits per heavy atom. The van der Waals surface area contributed by atoms with Gasteiger partial charge < -0.3 is 15.0 Å². The highest BCUT2D eigenvalue weighted by molar-refractivity contribution is 5.76. The summed E-state index contributed by atoms with van der Waals surface area (Å²) in [5, 5.41) is 13.6. The SMILES string of the molecule is Cc1ccc(O)c(-c2cc(-c3cccc(F)c3F)cc(NCCCn3ccnc3)n2)c1. The second-order valence-corrected chi connectivity index (χ2v) is 7.33. The van der Waals surface area contributed by atoms with E-state index in [-0.39, 0.29) is 11.3 Å². The van der Waals surface area contributed by atoms with Crippen molar-refractivity contribution in [3.8, 4) is 28.1 Å². The molecule has 4 aromatic rings. The zero-order chi connectivity index (χ0) is 21.8. The summed E-state index contributed by atoms with van der Waals surface area (Å²) < 4.78 is 30.3. The Labute approximate surface area is 179 Å². The highest BCUT2D eigenvalue weighted by Crippen LogP contribution is 2.34. The lowest BCUT2D eigenvalue weighted by Crippen LogP contribution is -2.07. The van der Waals surface area contributed by atoms with E-state index in [0.29, 0.717) is 29.2 Å². The van der Waals surface area contributed by atoms with Gasteiger partial charge in [-0.05, 0) is 49.2 Å². The molecule has 0 aliphatic carbocycles. The molecule has 0 bridgehead atoms. The van der Waals surface area contributed by atoms with E-state index in [4.69, 9.17) is 0 Å². The van der Waals surface area contributed by atoms with Crippen molar-refractivity contribution in [2.24, 2.45) is 0 Å². The molecule has 2 aromatic carbocycles. The van der Waals surface area contributed by atoms with Crippen LogP contribution in [0.4, 0.5) is 14.6 Å². The lowest BCUT2D eigenvalue weighted by molar-refractivity contribution is 0.477. The zero-order valence-corrected chi connectivity index (χ0v) is 17.0. The number of nitrogens with zero attached hydrogens (tertiary/aromatic N) is 3. The summed E-state index contributed by atoms with van der Waals surface area (Å²) in [6.45, 7) is 3.32. The fourth-order valence-corrected chi connectivity index (χ4v) is 3.39. The Hall–Kier alpha value is -3.74. The summed E-state index contributed by atoms with van der Waals surface area (Å²) in [7, 11) is 0. The first-order chi connectivity index (χ1) is 15.0. The number of benzene rings is 2. The lowest BCUT2D eigenvalue weighted by Gasteiger charge is -2.13. The first-order valence-electron chi connectivity index (χ1n) is 9.97. The fourth-order valence-electron chi connectivity index (χ4n) is 3.39. The van der Waals surface area contributed by atoms with Crippen LogP contribution < -0.4 is 5.32 Å². The van der Waals surface area contributed by atoms with E-state index in [9.17, 15) is 13.9 Å². The Kier molecular flexibility index (Phi) is 5.93. The van der Waals surface area contributed by atoms with Gasteiger partial charge >= 0.3 is 0 Å². The second kappa shape index (κ2) is 8.95. The molecule has 0 atom stereocenters. The maximum atomic E-state index is 14.5. The van der Waals surface area contributed by atoms with Crippen LogP contribution in [0.25, 0.3) is 22.4 Å². The van der Waals surface area contributed by atoms with Crippen LogP contribution in [-0.4, -0.2) is 26.2 Å². The van der Waals surface area contributed by atoms with Crippen LogP contribution in [0.5, 0.6) is 5.75 Å². The molecular weight excluding hydrogens is 398 g/mol. The molecule has 0 unspecified atom stereocenters. The summed E-state index contributed by atoms with van der Waals surface area (Å²) in [5.74, 6) is -1.24. The standard InChI is InChI=1S/C24H22F2N4O/c1-16-6-7-22(31)19(12-16)21-13-17(18-4-2-5-20(25)24(18)26)14-23(29-21)28-8-3-10-30-11-9-27-15-30/h2,4-7,9,11-15,31H,3,8,10H2,1H3,(H,28,29). The molecule has 4 rings (SSSR count). The van der Waals surface area contributed by atoms with Crippen LogP contribution >= 0.6 is 0 Å². The van der Waals surface area contributed by atoms with E-state index in [0.717, 1.165) is 24.6 Å². The maximum absolute atomic E-state index is 14.5. The van der Waals surface area contributed by atoms with Crippen molar-refractivity contribution in [1.82, 2.24) is 14.5 Å². The van der Waals surface area contributed by atoms with E-state index < -0.39 is 11.6 Å². The summed E-state index contributed by atoms with van der Waals surface area (Å²) in [6, 6.07) is 12.6. The molecule has 0 aliphatic heterocycles. The first-order valence-corrected chi connectivity index (χ1v) is 9.97. The fraction of sp³-hybridized carbons (Fsp3) is 0.167. The summed E-state index contributed by atoms with van der Waals surface area (Å²) in [5.41, 5.74) is 2.56. The molecule has 0 saturated carbocycles. The number of anilines is 1. The van der Waals surface area contributed by atoms with Gasteiger partial charge in [-0.25, -0.2) is 18.7 Å². The van der Waals surface area contributed by atoms with Crippen molar-refractivity contribution in [2.45, 2.75) is 19.9 Å². The number of halogens is 2. The van der Waals surface area contributed by atoms with Crippen molar-refractivity contribution >= 4 is 5.82 Å². The molecule has 0 radical (unpaired) electrons. The second-order valence-electron chi connectivity index (χ2n) is 7.33.